The van der Waals surface area contributed by atoms with Crippen LogP contribution in [0.5, 0.6) is 5.75 Å². The Morgan fingerprint density at radius 2 is 1.88 bits per heavy atom. The highest BCUT2D eigenvalue weighted by Gasteiger charge is 2.22. The first-order valence-electron chi connectivity index (χ1n) is 9.73. The Morgan fingerprint density at radius 3 is 2.61 bits per heavy atom. The molecule has 0 aliphatic carbocycles. The van der Waals surface area contributed by atoms with Crippen LogP contribution in [0.3, 0.4) is 0 Å². The molecule has 1 heterocycles. The van der Waals surface area contributed by atoms with Gasteiger partial charge in [0.1, 0.15) is 5.69 Å². The molecule has 4 rings (SSSR count). The van der Waals surface area contributed by atoms with Gasteiger partial charge in [-0.05, 0) is 29.8 Å². The lowest BCUT2D eigenvalue weighted by Crippen LogP contribution is -2.28. The lowest BCUT2D eigenvalue weighted by atomic mass is 9.98. The average Bonchev–Trinajstić information content (AvgIpc) is 3.24. The first kappa shape index (κ1) is 21.8. The summed E-state index contributed by atoms with van der Waals surface area (Å²) >= 11 is 0. The van der Waals surface area contributed by atoms with E-state index in [1.165, 1.54) is 19.2 Å². The van der Waals surface area contributed by atoms with Crippen molar-refractivity contribution in [2.45, 2.75) is 6.54 Å². The molecule has 0 aliphatic heterocycles. The van der Waals surface area contributed by atoms with Gasteiger partial charge in [-0.25, -0.2) is 13.6 Å². The number of rotatable bonds is 6. The summed E-state index contributed by atoms with van der Waals surface area (Å²) in [7, 11) is 1.46. The molecule has 0 atom stereocenters. The van der Waals surface area contributed by atoms with E-state index in [1.807, 2.05) is 0 Å². The van der Waals surface area contributed by atoms with Crippen LogP contribution in [-0.2, 0) is 6.54 Å². The number of ether oxygens (including phenoxy) is 1. The number of hydrogen-bond acceptors (Lipinski definition) is 5. The number of urea groups is 1. The van der Waals surface area contributed by atoms with Gasteiger partial charge in [-0.15, -0.1) is 0 Å². The van der Waals surface area contributed by atoms with Crippen LogP contribution in [0.2, 0.25) is 0 Å². The summed E-state index contributed by atoms with van der Waals surface area (Å²) in [6.45, 7) is 0.0654. The van der Waals surface area contributed by atoms with Gasteiger partial charge in [0.2, 0.25) is 11.5 Å². The normalized spacial score (nSPS) is 10.8. The van der Waals surface area contributed by atoms with Crippen molar-refractivity contribution in [2.24, 2.45) is 5.73 Å². The highest BCUT2D eigenvalue weighted by Crippen LogP contribution is 2.37. The minimum absolute atomic E-state index is 0.0654. The Balaban J connectivity index is 1.63. The van der Waals surface area contributed by atoms with Crippen molar-refractivity contribution in [1.82, 2.24) is 10.5 Å². The standard InChI is InChI=1S/C23H18F2N4O4/c1-32-18-9-7-15(22(26)30)19-20(29-33-21(18)19)14-5-3-2-4-12(14)11-27-23(31)28-13-6-8-16(24)17(25)10-13/h2-10H,11H2,1H3,(H2,26,30)(H2,27,28,31). The second-order valence-electron chi connectivity index (χ2n) is 7.01. The molecule has 4 aromatic rings. The van der Waals surface area contributed by atoms with E-state index in [0.717, 1.165) is 12.1 Å². The number of anilines is 1. The van der Waals surface area contributed by atoms with Crippen molar-refractivity contribution in [2.75, 3.05) is 12.4 Å². The number of amides is 3. The van der Waals surface area contributed by atoms with E-state index in [0.29, 0.717) is 28.0 Å². The van der Waals surface area contributed by atoms with Crippen LogP contribution < -0.4 is 21.1 Å². The molecule has 3 amide bonds. The maximum atomic E-state index is 13.4. The zero-order chi connectivity index (χ0) is 23.5. The largest absolute Gasteiger partial charge is 0.493 e. The van der Waals surface area contributed by atoms with Crippen molar-refractivity contribution in [3.05, 3.63) is 77.4 Å². The molecule has 0 aliphatic rings. The monoisotopic (exact) mass is 452 g/mol. The van der Waals surface area contributed by atoms with Crippen molar-refractivity contribution < 1.29 is 27.6 Å². The molecule has 0 radical (unpaired) electrons. The van der Waals surface area contributed by atoms with Gasteiger partial charge in [-0.1, -0.05) is 29.4 Å². The van der Waals surface area contributed by atoms with Gasteiger partial charge < -0.3 is 25.6 Å². The lowest BCUT2D eigenvalue weighted by Gasteiger charge is -2.11. The number of nitrogens with zero attached hydrogens (tertiary/aromatic N) is 1. The number of fused-ring (bicyclic) bond motifs is 1. The third-order valence-corrected chi connectivity index (χ3v) is 4.96. The summed E-state index contributed by atoms with van der Waals surface area (Å²) in [4.78, 5) is 24.3. The SMILES string of the molecule is COc1ccc(C(N)=O)c2c(-c3ccccc3CNC(=O)Nc3ccc(F)c(F)c3)noc12. The highest BCUT2D eigenvalue weighted by molar-refractivity contribution is 6.11. The number of methoxy groups -OCH3 is 1. The molecular formula is C23H18F2N4O4. The van der Waals surface area contributed by atoms with Crippen molar-refractivity contribution >= 4 is 28.6 Å². The molecule has 3 aromatic carbocycles. The second-order valence-corrected chi connectivity index (χ2v) is 7.01. The first-order chi connectivity index (χ1) is 15.9. The number of primary amides is 1. The van der Waals surface area contributed by atoms with E-state index in [-0.39, 0.29) is 23.4 Å². The van der Waals surface area contributed by atoms with Gasteiger partial charge in [-0.3, -0.25) is 4.79 Å². The van der Waals surface area contributed by atoms with Gasteiger partial charge in [0.25, 0.3) is 0 Å². The van der Waals surface area contributed by atoms with Crippen LogP contribution in [0.4, 0.5) is 19.3 Å². The molecule has 0 unspecified atom stereocenters. The van der Waals surface area contributed by atoms with E-state index < -0.39 is 23.6 Å². The van der Waals surface area contributed by atoms with E-state index in [2.05, 4.69) is 15.8 Å². The number of benzene rings is 3. The minimum atomic E-state index is -1.07. The molecular weight excluding hydrogens is 434 g/mol. The summed E-state index contributed by atoms with van der Waals surface area (Å²) in [5.41, 5.74) is 7.73. The van der Waals surface area contributed by atoms with Crippen LogP contribution in [0.25, 0.3) is 22.2 Å². The minimum Gasteiger partial charge on any atom is -0.493 e. The Hall–Kier alpha value is -4.47. The number of halogens is 2. The van der Waals surface area contributed by atoms with Crippen LogP contribution >= 0.6 is 0 Å². The Bertz CT molecular complexity index is 1370. The van der Waals surface area contributed by atoms with E-state index in [9.17, 15) is 18.4 Å². The fourth-order valence-electron chi connectivity index (χ4n) is 3.41. The van der Waals surface area contributed by atoms with Crippen LogP contribution in [-0.4, -0.2) is 24.2 Å². The molecule has 168 valence electrons. The molecule has 4 N–H and O–H groups in total. The fourth-order valence-corrected chi connectivity index (χ4v) is 3.41. The maximum Gasteiger partial charge on any atom is 0.319 e. The zero-order valence-electron chi connectivity index (χ0n) is 17.3. The summed E-state index contributed by atoms with van der Waals surface area (Å²) in [5.74, 6) is -2.36. The summed E-state index contributed by atoms with van der Waals surface area (Å²) in [6.07, 6.45) is 0. The zero-order valence-corrected chi connectivity index (χ0v) is 17.3. The number of hydrogen-bond donors (Lipinski definition) is 3. The number of nitrogens with two attached hydrogens (primary N) is 1. The van der Waals surface area contributed by atoms with Gasteiger partial charge in [0.05, 0.1) is 18.1 Å². The van der Waals surface area contributed by atoms with Gasteiger partial charge in [-0.2, -0.15) is 0 Å². The summed E-state index contributed by atoms with van der Waals surface area (Å²) in [6, 6.07) is 12.6. The molecule has 0 saturated heterocycles. The smallest absolute Gasteiger partial charge is 0.319 e. The van der Waals surface area contributed by atoms with Gasteiger partial charge >= 0.3 is 6.03 Å². The number of aromatic nitrogens is 1. The molecule has 10 heteroatoms. The van der Waals surface area contributed by atoms with Gasteiger partial charge in [0.15, 0.2) is 17.4 Å². The van der Waals surface area contributed by atoms with Crippen LogP contribution in [0.1, 0.15) is 15.9 Å². The van der Waals surface area contributed by atoms with Crippen LogP contribution in [0.15, 0.2) is 59.1 Å². The quantitative estimate of drug-likeness (QED) is 0.405. The number of carbonyl (C=O) groups is 2. The van der Waals surface area contributed by atoms with Gasteiger partial charge in [0, 0.05) is 23.9 Å². The highest BCUT2D eigenvalue weighted by atomic mass is 19.2. The lowest BCUT2D eigenvalue weighted by molar-refractivity contribution is 0.100. The van der Waals surface area contributed by atoms with E-state index in [1.54, 1.807) is 30.3 Å². The number of nitrogens with one attached hydrogen (secondary N) is 2. The van der Waals surface area contributed by atoms with Crippen molar-refractivity contribution in [3.8, 4) is 17.0 Å². The predicted molar refractivity (Wildman–Crippen MR) is 117 cm³/mol. The number of carbonyl (C=O) groups excluding carboxylic acids is 2. The molecule has 8 nitrogen and oxygen atoms in total. The molecule has 0 bridgehead atoms. The Morgan fingerprint density at radius 1 is 1.09 bits per heavy atom. The Kier molecular flexibility index (Phi) is 5.90. The molecule has 1 aromatic heterocycles. The first-order valence-corrected chi connectivity index (χ1v) is 9.73. The topological polar surface area (TPSA) is 119 Å². The van der Waals surface area contributed by atoms with E-state index in [4.69, 9.17) is 15.0 Å². The third-order valence-electron chi connectivity index (χ3n) is 4.96. The Labute approximate surface area is 186 Å². The molecule has 0 fully saturated rings. The molecule has 0 saturated carbocycles. The molecule has 33 heavy (non-hydrogen) atoms. The maximum absolute atomic E-state index is 13.4. The van der Waals surface area contributed by atoms with Crippen molar-refractivity contribution in [3.63, 3.8) is 0 Å². The van der Waals surface area contributed by atoms with Crippen molar-refractivity contribution in [1.29, 1.82) is 0 Å². The fraction of sp³-hybridized carbons (Fsp3) is 0.0870. The van der Waals surface area contributed by atoms with E-state index >= 15 is 0 Å². The third kappa shape index (κ3) is 4.31. The summed E-state index contributed by atoms with van der Waals surface area (Å²) < 4.78 is 37.2. The average molecular weight is 452 g/mol. The summed E-state index contributed by atoms with van der Waals surface area (Å²) in [5, 5.41) is 9.60. The molecule has 0 spiro atoms. The van der Waals surface area contributed by atoms with Crippen LogP contribution in [0, 0.1) is 11.6 Å². The second kappa shape index (κ2) is 8.95. The predicted octanol–water partition coefficient (Wildman–Crippen LogP) is 4.20.